The third-order valence-electron chi connectivity index (χ3n) is 3.94. The third-order valence-corrected chi connectivity index (χ3v) is 3.94. The van der Waals surface area contributed by atoms with Gasteiger partial charge in [-0.3, -0.25) is 9.59 Å². The van der Waals surface area contributed by atoms with Gasteiger partial charge in [-0.15, -0.1) is 0 Å². The molecule has 21 heavy (non-hydrogen) atoms. The van der Waals surface area contributed by atoms with Gasteiger partial charge in [0.1, 0.15) is 6.10 Å². The number of amides is 2. The first-order valence-electron chi connectivity index (χ1n) is 6.64. The topological polar surface area (TPSA) is 57.6 Å². The summed E-state index contributed by atoms with van der Waals surface area (Å²) >= 11 is 0. The van der Waals surface area contributed by atoms with Crippen molar-refractivity contribution in [2.24, 2.45) is 0 Å². The van der Waals surface area contributed by atoms with Crippen LogP contribution in [-0.4, -0.2) is 16.9 Å². The molecule has 2 aromatic carbocycles. The summed E-state index contributed by atoms with van der Waals surface area (Å²) in [4.78, 5) is 24.6. The second-order valence-electron chi connectivity index (χ2n) is 5.11. The van der Waals surface area contributed by atoms with Crippen LogP contribution in [0.4, 0.5) is 5.69 Å². The zero-order chi connectivity index (χ0) is 14.6. The molecule has 1 unspecified atom stereocenters. The minimum absolute atomic E-state index is 0.357. The van der Waals surface area contributed by atoms with Crippen molar-refractivity contribution in [2.75, 3.05) is 4.90 Å². The summed E-state index contributed by atoms with van der Waals surface area (Å²) in [6.45, 7) is 0. The van der Waals surface area contributed by atoms with Gasteiger partial charge in [0, 0.05) is 12.2 Å². The predicted octanol–water partition coefficient (Wildman–Crippen LogP) is 2.18. The minimum Gasteiger partial charge on any atom is -0.384 e. The SMILES string of the molecule is O=C1C=CC(=O)N1c1ccc2c(c1)C(O)c1ccccc1-2. The molecule has 1 heterocycles. The average Bonchev–Trinajstić information content (AvgIpc) is 2.98. The van der Waals surface area contributed by atoms with Crippen LogP contribution in [0, 0.1) is 0 Å². The van der Waals surface area contributed by atoms with E-state index in [-0.39, 0.29) is 11.8 Å². The summed E-state index contributed by atoms with van der Waals surface area (Å²) in [5, 5.41) is 10.4. The molecule has 0 fully saturated rings. The Labute approximate surface area is 120 Å². The maximum atomic E-state index is 11.7. The zero-order valence-corrected chi connectivity index (χ0v) is 11.0. The molecule has 102 valence electrons. The summed E-state index contributed by atoms with van der Waals surface area (Å²) in [5.41, 5.74) is 3.99. The van der Waals surface area contributed by atoms with Crippen LogP contribution in [0.15, 0.2) is 54.6 Å². The van der Waals surface area contributed by atoms with E-state index in [1.807, 2.05) is 30.3 Å². The van der Waals surface area contributed by atoms with Crippen LogP contribution in [0.25, 0.3) is 11.1 Å². The number of benzene rings is 2. The van der Waals surface area contributed by atoms with Crippen molar-refractivity contribution >= 4 is 17.5 Å². The minimum atomic E-state index is -0.725. The fourth-order valence-corrected chi connectivity index (χ4v) is 2.96. The molecule has 0 saturated carbocycles. The highest BCUT2D eigenvalue weighted by Gasteiger charge is 2.30. The highest BCUT2D eigenvalue weighted by molar-refractivity contribution is 6.28. The Morgan fingerprint density at radius 3 is 2.29 bits per heavy atom. The fraction of sp³-hybridized carbons (Fsp3) is 0.0588. The van der Waals surface area contributed by atoms with Gasteiger partial charge in [0.25, 0.3) is 11.8 Å². The van der Waals surface area contributed by atoms with Crippen LogP contribution in [0.2, 0.25) is 0 Å². The second-order valence-corrected chi connectivity index (χ2v) is 5.11. The van der Waals surface area contributed by atoms with E-state index >= 15 is 0 Å². The number of imide groups is 1. The van der Waals surface area contributed by atoms with Gasteiger partial charge in [0.2, 0.25) is 0 Å². The van der Waals surface area contributed by atoms with Crippen molar-refractivity contribution in [1.82, 2.24) is 0 Å². The molecule has 0 bridgehead atoms. The molecule has 1 aliphatic carbocycles. The Kier molecular flexibility index (Phi) is 2.37. The van der Waals surface area contributed by atoms with Gasteiger partial charge in [-0.2, -0.15) is 0 Å². The highest BCUT2D eigenvalue weighted by Crippen LogP contribution is 2.44. The van der Waals surface area contributed by atoms with Gasteiger partial charge < -0.3 is 5.11 Å². The summed E-state index contributed by atoms with van der Waals surface area (Å²) in [6, 6.07) is 12.9. The molecule has 0 spiro atoms. The van der Waals surface area contributed by atoms with Crippen molar-refractivity contribution in [3.8, 4) is 11.1 Å². The van der Waals surface area contributed by atoms with Gasteiger partial charge in [-0.25, -0.2) is 4.90 Å². The van der Waals surface area contributed by atoms with Crippen molar-refractivity contribution < 1.29 is 14.7 Å². The third kappa shape index (κ3) is 1.60. The second kappa shape index (κ2) is 4.14. The van der Waals surface area contributed by atoms with Crippen molar-refractivity contribution in [3.63, 3.8) is 0 Å². The van der Waals surface area contributed by atoms with Crippen molar-refractivity contribution in [1.29, 1.82) is 0 Å². The van der Waals surface area contributed by atoms with E-state index in [4.69, 9.17) is 0 Å². The molecule has 1 N–H and O–H groups in total. The quantitative estimate of drug-likeness (QED) is 0.813. The van der Waals surface area contributed by atoms with Crippen LogP contribution < -0.4 is 4.90 Å². The lowest BCUT2D eigenvalue weighted by Crippen LogP contribution is -2.29. The number of carbonyl (C=O) groups excluding carboxylic acids is 2. The van der Waals surface area contributed by atoms with E-state index in [2.05, 4.69) is 0 Å². The van der Waals surface area contributed by atoms with Crippen LogP contribution >= 0.6 is 0 Å². The molecule has 1 atom stereocenters. The molecule has 2 aliphatic rings. The lowest BCUT2D eigenvalue weighted by molar-refractivity contribution is -0.119. The number of rotatable bonds is 1. The monoisotopic (exact) mass is 277 g/mol. The molecule has 4 rings (SSSR count). The number of aliphatic hydroxyl groups excluding tert-OH is 1. The van der Waals surface area contributed by atoms with Gasteiger partial charge in [0.05, 0.1) is 5.69 Å². The number of aliphatic hydroxyl groups is 1. The van der Waals surface area contributed by atoms with Crippen LogP contribution in [-0.2, 0) is 9.59 Å². The van der Waals surface area contributed by atoms with E-state index in [1.54, 1.807) is 12.1 Å². The first-order valence-corrected chi connectivity index (χ1v) is 6.64. The Bertz CT molecular complexity index is 805. The van der Waals surface area contributed by atoms with Crippen molar-refractivity contribution in [3.05, 3.63) is 65.7 Å². The Balaban J connectivity index is 1.84. The number of hydrogen-bond acceptors (Lipinski definition) is 3. The molecular formula is C17H11NO3. The zero-order valence-electron chi connectivity index (χ0n) is 11.0. The lowest BCUT2D eigenvalue weighted by Gasteiger charge is -2.16. The van der Waals surface area contributed by atoms with Gasteiger partial charge in [0.15, 0.2) is 0 Å². The summed E-state index contributed by atoms with van der Waals surface area (Å²) in [5.74, 6) is -0.713. The molecule has 1 aliphatic heterocycles. The largest absolute Gasteiger partial charge is 0.384 e. The van der Waals surface area contributed by atoms with Gasteiger partial charge in [-0.05, 0) is 34.4 Å². The molecule has 0 aromatic heterocycles. The molecule has 0 saturated heterocycles. The van der Waals surface area contributed by atoms with E-state index < -0.39 is 6.10 Å². The average molecular weight is 277 g/mol. The number of hydrogen-bond donors (Lipinski definition) is 1. The number of nitrogens with zero attached hydrogens (tertiary/aromatic N) is 1. The number of anilines is 1. The molecule has 2 aromatic rings. The Morgan fingerprint density at radius 2 is 1.52 bits per heavy atom. The summed E-state index contributed by atoms with van der Waals surface area (Å²) in [6.07, 6.45) is 1.78. The molecule has 4 heteroatoms. The van der Waals surface area contributed by atoms with Crippen LogP contribution in [0.1, 0.15) is 17.2 Å². The summed E-state index contributed by atoms with van der Waals surface area (Å²) in [7, 11) is 0. The Morgan fingerprint density at radius 1 is 0.857 bits per heavy atom. The van der Waals surface area contributed by atoms with Crippen molar-refractivity contribution in [2.45, 2.75) is 6.10 Å². The van der Waals surface area contributed by atoms with E-state index in [0.717, 1.165) is 27.2 Å². The van der Waals surface area contributed by atoms with E-state index in [0.29, 0.717) is 5.69 Å². The Hall–Kier alpha value is -2.72. The fourth-order valence-electron chi connectivity index (χ4n) is 2.96. The molecular weight excluding hydrogens is 266 g/mol. The lowest BCUT2D eigenvalue weighted by atomic mass is 10.1. The molecule has 4 nitrogen and oxygen atoms in total. The maximum absolute atomic E-state index is 11.7. The molecule has 0 radical (unpaired) electrons. The van der Waals surface area contributed by atoms with E-state index in [1.165, 1.54) is 12.2 Å². The van der Waals surface area contributed by atoms with E-state index in [9.17, 15) is 14.7 Å². The van der Waals surface area contributed by atoms with Gasteiger partial charge in [-0.1, -0.05) is 30.3 Å². The predicted molar refractivity (Wildman–Crippen MR) is 77.6 cm³/mol. The standard InChI is InChI=1S/C17H11NO3/c19-15-7-8-16(20)18(15)10-5-6-12-11-3-1-2-4-13(11)17(21)14(12)9-10/h1-9,17,21H. The normalized spacial score (nSPS) is 19.1. The van der Waals surface area contributed by atoms with Gasteiger partial charge >= 0.3 is 0 Å². The molecule has 2 amide bonds. The van der Waals surface area contributed by atoms with Crippen LogP contribution in [0.3, 0.4) is 0 Å². The maximum Gasteiger partial charge on any atom is 0.258 e. The first-order chi connectivity index (χ1) is 10.2. The number of carbonyl (C=O) groups is 2. The smallest absolute Gasteiger partial charge is 0.258 e. The highest BCUT2D eigenvalue weighted by atomic mass is 16.3. The van der Waals surface area contributed by atoms with Crippen LogP contribution in [0.5, 0.6) is 0 Å². The number of fused-ring (bicyclic) bond motifs is 3. The summed E-state index contributed by atoms with van der Waals surface area (Å²) < 4.78 is 0. The first kappa shape index (κ1) is 12.1.